The molecule has 0 saturated heterocycles. The standard InChI is InChI=1S/C18H14ClN3O3S/c19-14-3-1-2-11(7-14)12-6-13-10-22(18(24)15-9-20-26-21-15)4-5-25-17(13)16(23)8-12/h1-3,6-9,23H,4-5,10H2. The van der Waals surface area contributed by atoms with Gasteiger partial charge in [-0.05, 0) is 35.4 Å². The zero-order valence-electron chi connectivity index (χ0n) is 13.6. The molecular formula is C18H14ClN3O3S. The van der Waals surface area contributed by atoms with E-state index in [0.29, 0.717) is 36.2 Å². The summed E-state index contributed by atoms with van der Waals surface area (Å²) in [5.41, 5.74) is 2.72. The van der Waals surface area contributed by atoms with Crippen molar-refractivity contribution >= 4 is 29.2 Å². The van der Waals surface area contributed by atoms with Gasteiger partial charge in [0.15, 0.2) is 17.2 Å². The predicted molar refractivity (Wildman–Crippen MR) is 98.7 cm³/mol. The summed E-state index contributed by atoms with van der Waals surface area (Å²) in [6.45, 7) is 1.00. The van der Waals surface area contributed by atoms with E-state index in [-0.39, 0.29) is 11.7 Å². The van der Waals surface area contributed by atoms with Crippen molar-refractivity contribution in [3.05, 3.63) is 58.9 Å². The molecule has 26 heavy (non-hydrogen) atoms. The Morgan fingerprint density at radius 1 is 1.27 bits per heavy atom. The maximum Gasteiger partial charge on any atom is 0.275 e. The summed E-state index contributed by atoms with van der Waals surface area (Å²) in [4.78, 5) is 14.2. The second-order valence-electron chi connectivity index (χ2n) is 5.86. The van der Waals surface area contributed by atoms with E-state index in [0.717, 1.165) is 28.4 Å². The molecule has 0 aliphatic carbocycles. The first kappa shape index (κ1) is 16.8. The molecule has 4 rings (SSSR count). The van der Waals surface area contributed by atoms with Gasteiger partial charge in [0.05, 0.1) is 24.5 Å². The number of carbonyl (C=O) groups is 1. The van der Waals surface area contributed by atoms with Crippen molar-refractivity contribution in [1.82, 2.24) is 13.6 Å². The van der Waals surface area contributed by atoms with Gasteiger partial charge in [-0.1, -0.05) is 23.7 Å². The lowest BCUT2D eigenvalue weighted by Gasteiger charge is -2.18. The highest BCUT2D eigenvalue weighted by Gasteiger charge is 2.25. The number of hydrogen-bond donors (Lipinski definition) is 1. The minimum absolute atomic E-state index is 0.0436. The molecule has 8 heteroatoms. The van der Waals surface area contributed by atoms with E-state index in [9.17, 15) is 9.90 Å². The molecule has 0 atom stereocenters. The van der Waals surface area contributed by atoms with Crippen LogP contribution in [-0.4, -0.2) is 37.8 Å². The molecule has 6 nitrogen and oxygen atoms in total. The number of aromatic nitrogens is 2. The summed E-state index contributed by atoms with van der Waals surface area (Å²) in [6.07, 6.45) is 1.46. The number of ether oxygens (including phenoxy) is 1. The Bertz CT molecular complexity index is 962. The van der Waals surface area contributed by atoms with Crippen LogP contribution in [0.25, 0.3) is 11.1 Å². The van der Waals surface area contributed by atoms with E-state index < -0.39 is 0 Å². The van der Waals surface area contributed by atoms with Crippen LogP contribution in [0, 0.1) is 0 Å². The maximum absolute atomic E-state index is 12.6. The SMILES string of the molecule is O=C(c1cnsn1)N1CCOc2c(O)cc(-c3cccc(Cl)c3)cc2C1. The number of rotatable bonds is 2. The van der Waals surface area contributed by atoms with E-state index in [1.807, 2.05) is 24.3 Å². The highest BCUT2D eigenvalue weighted by Crippen LogP contribution is 2.38. The van der Waals surface area contributed by atoms with Crippen LogP contribution in [0.3, 0.4) is 0 Å². The van der Waals surface area contributed by atoms with Crippen LogP contribution in [0.1, 0.15) is 16.1 Å². The molecule has 0 bridgehead atoms. The predicted octanol–water partition coefficient (Wildman–Crippen LogP) is 3.60. The highest BCUT2D eigenvalue weighted by atomic mass is 35.5. The Kier molecular flexibility index (Phi) is 4.48. The zero-order chi connectivity index (χ0) is 18.1. The molecular weight excluding hydrogens is 374 g/mol. The molecule has 1 amide bonds. The molecule has 1 N–H and O–H groups in total. The van der Waals surface area contributed by atoms with E-state index in [1.54, 1.807) is 17.0 Å². The molecule has 1 aliphatic rings. The minimum atomic E-state index is -0.206. The Morgan fingerprint density at radius 2 is 2.15 bits per heavy atom. The van der Waals surface area contributed by atoms with Crippen molar-refractivity contribution in [1.29, 1.82) is 0 Å². The number of phenolic OH excluding ortho intramolecular Hbond substituents is 1. The van der Waals surface area contributed by atoms with Gasteiger partial charge in [-0.15, -0.1) is 0 Å². The Labute approximate surface area is 158 Å². The Morgan fingerprint density at radius 3 is 2.92 bits per heavy atom. The smallest absolute Gasteiger partial charge is 0.275 e. The molecule has 2 aromatic carbocycles. The topological polar surface area (TPSA) is 75.6 Å². The Balaban J connectivity index is 1.71. The van der Waals surface area contributed by atoms with E-state index in [1.165, 1.54) is 6.20 Å². The first-order chi connectivity index (χ1) is 12.6. The summed E-state index contributed by atoms with van der Waals surface area (Å²) < 4.78 is 13.6. The van der Waals surface area contributed by atoms with Crippen molar-refractivity contribution in [2.75, 3.05) is 13.2 Å². The number of carbonyl (C=O) groups excluding carboxylic acids is 1. The number of nitrogens with zero attached hydrogens (tertiary/aromatic N) is 3. The fourth-order valence-corrected chi connectivity index (χ4v) is 3.53. The number of phenols is 1. The number of amides is 1. The van der Waals surface area contributed by atoms with Crippen LogP contribution in [0.15, 0.2) is 42.6 Å². The average Bonchev–Trinajstić information content (AvgIpc) is 3.08. The van der Waals surface area contributed by atoms with E-state index in [4.69, 9.17) is 16.3 Å². The monoisotopic (exact) mass is 387 g/mol. The quantitative estimate of drug-likeness (QED) is 0.727. The lowest BCUT2D eigenvalue weighted by Crippen LogP contribution is -2.32. The molecule has 0 unspecified atom stereocenters. The number of benzene rings is 2. The largest absolute Gasteiger partial charge is 0.504 e. The van der Waals surface area contributed by atoms with Crippen LogP contribution in [0.5, 0.6) is 11.5 Å². The van der Waals surface area contributed by atoms with Gasteiger partial charge in [0, 0.05) is 17.1 Å². The molecule has 0 spiro atoms. The van der Waals surface area contributed by atoms with Crippen LogP contribution in [-0.2, 0) is 6.54 Å². The third-order valence-electron chi connectivity index (χ3n) is 4.14. The third kappa shape index (κ3) is 3.23. The zero-order valence-corrected chi connectivity index (χ0v) is 15.1. The Hall–Kier alpha value is -2.64. The summed E-state index contributed by atoms with van der Waals surface area (Å²) >= 11 is 7.07. The van der Waals surface area contributed by atoms with Crippen molar-refractivity contribution in [3.63, 3.8) is 0 Å². The van der Waals surface area contributed by atoms with Gasteiger partial charge in [0.1, 0.15) is 6.61 Å². The highest BCUT2D eigenvalue weighted by molar-refractivity contribution is 6.99. The minimum Gasteiger partial charge on any atom is -0.504 e. The molecule has 0 fully saturated rings. The number of fused-ring (bicyclic) bond motifs is 1. The fraction of sp³-hybridized carbons (Fsp3) is 0.167. The number of halogens is 1. The summed E-state index contributed by atoms with van der Waals surface area (Å²) in [7, 11) is 0. The van der Waals surface area contributed by atoms with E-state index in [2.05, 4.69) is 8.75 Å². The van der Waals surface area contributed by atoms with Crippen LogP contribution in [0.4, 0.5) is 0 Å². The summed E-state index contributed by atoms with van der Waals surface area (Å²) in [5, 5.41) is 11.0. The fourth-order valence-electron chi connectivity index (χ4n) is 2.93. The van der Waals surface area contributed by atoms with Gasteiger partial charge in [0.25, 0.3) is 5.91 Å². The van der Waals surface area contributed by atoms with Gasteiger partial charge >= 0.3 is 0 Å². The van der Waals surface area contributed by atoms with Gasteiger partial charge in [-0.3, -0.25) is 4.79 Å². The van der Waals surface area contributed by atoms with Crippen LogP contribution in [0.2, 0.25) is 5.02 Å². The summed E-state index contributed by atoms with van der Waals surface area (Å²) in [6, 6.07) is 10.9. The average molecular weight is 388 g/mol. The van der Waals surface area contributed by atoms with Gasteiger partial charge in [-0.25, -0.2) is 0 Å². The van der Waals surface area contributed by atoms with Crippen molar-refractivity contribution in [2.24, 2.45) is 0 Å². The molecule has 1 aromatic heterocycles. The van der Waals surface area contributed by atoms with Crippen molar-refractivity contribution in [2.45, 2.75) is 6.54 Å². The third-order valence-corrected chi connectivity index (χ3v) is 4.85. The first-order valence-corrected chi connectivity index (χ1v) is 9.04. The molecule has 0 radical (unpaired) electrons. The van der Waals surface area contributed by atoms with Gasteiger partial charge < -0.3 is 14.7 Å². The van der Waals surface area contributed by atoms with Crippen LogP contribution >= 0.6 is 23.3 Å². The summed E-state index contributed by atoms with van der Waals surface area (Å²) in [5.74, 6) is 0.243. The second-order valence-corrected chi connectivity index (χ2v) is 6.85. The lowest BCUT2D eigenvalue weighted by molar-refractivity contribution is 0.0728. The molecule has 132 valence electrons. The lowest BCUT2D eigenvalue weighted by atomic mass is 10.0. The molecule has 3 aromatic rings. The number of aromatic hydroxyl groups is 1. The molecule has 1 aliphatic heterocycles. The van der Waals surface area contributed by atoms with Gasteiger partial charge in [0.2, 0.25) is 0 Å². The molecule has 2 heterocycles. The van der Waals surface area contributed by atoms with Gasteiger partial charge in [-0.2, -0.15) is 8.75 Å². The molecule has 0 saturated carbocycles. The van der Waals surface area contributed by atoms with Crippen molar-refractivity contribution in [3.8, 4) is 22.6 Å². The normalized spacial score (nSPS) is 13.7. The number of hydrogen-bond acceptors (Lipinski definition) is 6. The second kappa shape index (κ2) is 6.93. The van der Waals surface area contributed by atoms with Crippen molar-refractivity contribution < 1.29 is 14.6 Å². The first-order valence-electron chi connectivity index (χ1n) is 7.93. The van der Waals surface area contributed by atoms with Crippen LogP contribution < -0.4 is 4.74 Å². The maximum atomic E-state index is 12.6. The van der Waals surface area contributed by atoms with E-state index >= 15 is 0 Å².